The molecule has 1 aromatic carbocycles. The summed E-state index contributed by atoms with van der Waals surface area (Å²) in [6.45, 7) is 0.792. The minimum Gasteiger partial charge on any atom is -0.404 e. The van der Waals surface area contributed by atoms with Gasteiger partial charge >= 0.3 is 0 Å². The summed E-state index contributed by atoms with van der Waals surface area (Å²) in [5.74, 6) is 0.836. The second-order valence-corrected chi connectivity index (χ2v) is 8.44. The molecule has 0 spiro atoms. The number of rotatable bonds is 7. The first-order valence-corrected chi connectivity index (χ1v) is 10.7. The molecule has 152 valence electrons. The van der Waals surface area contributed by atoms with Crippen molar-refractivity contribution in [2.24, 2.45) is 10.7 Å². The van der Waals surface area contributed by atoms with Crippen LogP contribution in [-0.2, 0) is 13.0 Å². The molecule has 0 atom stereocenters. The van der Waals surface area contributed by atoms with Gasteiger partial charge in [-0.2, -0.15) is 9.61 Å². The van der Waals surface area contributed by atoms with Crippen molar-refractivity contribution in [2.45, 2.75) is 31.8 Å². The van der Waals surface area contributed by atoms with Crippen molar-refractivity contribution in [3.63, 3.8) is 0 Å². The molecule has 3 aromatic heterocycles. The first-order chi connectivity index (χ1) is 14.7. The average Bonchev–Trinajstić information content (AvgIpc) is 3.40. The van der Waals surface area contributed by atoms with Crippen molar-refractivity contribution < 1.29 is 0 Å². The fourth-order valence-corrected chi connectivity index (χ4v) is 4.19. The Hall–Kier alpha value is -3.17. The quantitative estimate of drug-likeness (QED) is 0.447. The van der Waals surface area contributed by atoms with E-state index in [9.17, 15) is 0 Å². The number of fused-ring (bicyclic) bond motifs is 2. The molecule has 0 amide bonds. The van der Waals surface area contributed by atoms with Crippen molar-refractivity contribution in [3.05, 3.63) is 58.6 Å². The maximum atomic E-state index is 5.74. The van der Waals surface area contributed by atoms with E-state index >= 15 is 0 Å². The first-order valence-electron chi connectivity index (χ1n) is 9.90. The molecule has 1 fully saturated rings. The van der Waals surface area contributed by atoms with Crippen LogP contribution in [0.15, 0.2) is 41.7 Å². The average molecular weight is 419 g/mol. The van der Waals surface area contributed by atoms with Crippen LogP contribution >= 0.6 is 11.3 Å². The molecule has 3 N–H and O–H groups in total. The van der Waals surface area contributed by atoms with E-state index in [1.807, 2.05) is 16.8 Å². The monoisotopic (exact) mass is 418 g/mol. The zero-order valence-corrected chi connectivity index (χ0v) is 17.4. The third-order valence-electron chi connectivity index (χ3n) is 5.11. The van der Waals surface area contributed by atoms with Crippen LogP contribution in [0.4, 0.5) is 0 Å². The highest BCUT2D eigenvalue weighted by atomic mass is 32.1. The molecule has 0 unspecified atom stereocenters. The zero-order valence-electron chi connectivity index (χ0n) is 16.6. The second-order valence-electron chi connectivity index (χ2n) is 7.40. The summed E-state index contributed by atoms with van der Waals surface area (Å²) in [5.41, 5.74) is 9.58. The van der Waals surface area contributed by atoms with Crippen molar-refractivity contribution >= 4 is 39.0 Å². The molecule has 5 rings (SSSR count). The number of nitrogens with one attached hydrogen (secondary N) is 1. The van der Waals surface area contributed by atoms with E-state index in [-0.39, 0.29) is 0 Å². The van der Waals surface area contributed by atoms with Gasteiger partial charge in [-0.15, -0.1) is 10.2 Å². The van der Waals surface area contributed by atoms with Gasteiger partial charge in [-0.05, 0) is 36.6 Å². The van der Waals surface area contributed by atoms with Crippen LogP contribution in [0.3, 0.4) is 0 Å². The van der Waals surface area contributed by atoms with E-state index in [4.69, 9.17) is 10.8 Å². The highest BCUT2D eigenvalue weighted by Crippen LogP contribution is 2.23. The van der Waals surface area contributed by atoms with Gasteiger partial charge in [0.1, 0.15) is 5.01 Å². The van der Waals surface area contributed by atoms with Crippen LogP contribution in [0, 0.1) is 0 Å². The largest absolute Gasteiger partial charge is 0.404 e. The Bertz CT molecular complexity index is 1260. The van der Waals surface area contributed by atoms with Gasteiger partial charge < -0.3 is 11.1 Å². The summed E-state index contributed by atoms with van der Waals surface area (Å²) in [6, 6.07) is 8.97. The summed E-state index contributed by atoms with van der Waals surface area (Å²) < 4.78 is 1.86. The fraction of sp³-hybridized carbons (Fsp3) is 0.286. The van der Waals surface area contributed by atoms with Crippen LogP contribution < -0.4 is 11.1 Å². The van der Waals surface area contributed by atoms with Crippen molar-refractivity contribution in [2.75, 3.05) is 7.05 Å². The standard InChI is InChI=1S/C21H22N8S/c1-23-10-16(9-22)15-8-14-6-13(2-5-18(14)25-11-15)7-19-26-27-21-29(19)28-20(30-21)12-24-17-3-4-17/h2,5-6,8-11,17,24H,3-4,7,12,22H2,1H3/b16-9+,23-10?. The maximum absolute atomic E-state index is 5.74. The van der Waals surface area contributed by atoms with E-state index in [1.54, 1.807) is 30.8 Å². The number of benzene rings is 1. The third kappa shape index (κ3) is 3.81. The molecule has 3 heterocycles. The van der Waals surface area contributed by atoms with Gasteiger partial charge in [0.2, 0.25) is 4.96 Å². The van der Waals surface area contributed by atoms with Crippen LogP contribution in [-0.4, -0.2) is 44.1 Å². The molecule has 1 aliphatic carbocycles. The number of aliphatic imine (C=N–C) groups is 1. The summed E-state index contributed by atoms with van der Waals surface area (Å²) in [4.78, 5) is 9.45. The highest BCUT2D eigenvalue weighted by molar-refractivity contribution is 7.16. The molecular weight excluding hydrogens is 396 g/mol. The molecule has 0 aliphatic heterocycles. The lowest BCUT2D eigenvalue weighted by atomic mass is 10.0. The summed E-state index contributed by atoms with van der Waals surface area (Å²) in [6.07, 6.45) is 8.28. The lowest BCUT2D eigenvalue weighted by molar-refractivity contribution is 0.671. The Morgan fingerprint density at radius 1 is 1.33 bits per heavy atom. The normalized spacial score (nSPS) is 15.0. The lowest BCUT2D eigenvalue weighted by Gasteiger charge is -2.05. The topological polar surface area (TPSA) is 106 Å². The van der Waals surface area contributed by atoms with E-state index in [0.717, 1.165) is 49.9 Å². The van der Waals surface area contributed by atoms with Gasteiger partial charge in [-0.1, -0.05) is 17.4 Å². The molecule has 1 aliphatic rings. The van der Waals surface area contributed by atoms with E-state index < -0.39 is 0 Å². The van der Waals surface area contributed by atoms with Gasteiger partial charge in [0, 0.05) is 61.2 Å². The van der Waals surface area contributed by atoms with E-state index in [2.05, 4.69) is 43.7 Å². The van der Waals surface area contributed by atoms with Crippen LogP contribution in [0.5, 0.6) is 0 Å². The number of pyridine rings is 1. The zero-order chi connectivity index (χ0) is 20.5. The molecule has 8 nitrogen and oxygen atoms in total. The molecule has 0 bridgehead atoms. The fourth-order valence-electron chi connectivity index (χ4n) is 3.38. The highest BCUT2D eigenvalue weighted by Gasteiger charge is 2.21. The van der Waals surface area contributed by atoms with Crippen LogP contribution in [0.1, 0.15) is 34.8 Å². The summed E-state index contributed by atoms with van der Waals surface area (Å²) in [5, 5.41) is 18.9. The number of aromatic nitrogens is 5. The number of nitrogens with two attached hydrogens (primary N) is 1. The third-order valence-corrected chi connectivity index (χ3v) is 6.00. The lowest BCUT2D eigenvalue weighted by Crippen LogP contribution is -2.15. The van der Waals surface area contributed by atoms with Crippen molar-refractivity contribution in [1.29, 1.82) is 0 Å². The first kappa shape index (κ1) is 18.8. The van der Waals surface area contributed by atoms with Gasteiger partial charge in [-0.3, -0.25) is 9.98 Å². The van der Waals surface area contributed by atoms with E-state index in [0.29, 0.717) is 12.5 Å². The predicted octanol–water partition coefficient (Wildman–Crippen LogP) is 2.58. The molecule has 1 saturated carbocycles. The van der Waals surface area contributed by atoms with Crippen LogP contribution in [0.25, 0.3) is 21.4 Å². The van der Waals surface area contributed by atoms with Crippen molar-refractivity contribution in [3.8, 4) is 0 Å². The molecule has 4 aromatic rings. The van der Waals surface area contributed by atoms with Gasteiger partial charge in [0.05, 0.1) is 5.52 Å². The molecule has 9 heteroatoms. The van der Waals surface area contributed by atoms with Gasteiger partial charge in [0.25, 0.3) is 0 Å². The number of hydrogen-bond donors (Lipinski definition) is 2. The Kier molecular flexibility index (Phi) is 4.97. The Morgan fingerprint density at radius 2 is 2.23 bits per heavy atom. The molecule has 30 heavy (non-hydrogen) atoms. The molecular formula is C21H22N8S. The molecule has 0 saturated heterocycles. The minimum absolute atomic E-state index is 0.649. The Balaban J connectivity index is 1.41. The smallest absolute Gasteiger partial charge is 0.234 e. The number of allylic oxidation sites excluding steroid dienone is 1. The molecule has 0 radical (unpaired) electrons. The number of hydrogen-bond acceptors (Lipinski definition) is 8. The van der Waals surface area contributed by atoms with Gasteiger partial charge in [-0.25, -0.2) is 0 Å². The Labute approximate surface area is 177 Å². The SMILES string of the molecule is CN=C/C(=C\N)c1cnc2ccc(Cc3nnc4sc(CNC5CC5)nn34)cc2c1. The van der Waals surface area contributed by atoms with Crippen LogP contribution in [0.2, 0.25) is 0 Å². The maximum Gasteiger partial charge on any atom is 0.234 e. The van der Waals surface area contributed by atoms with E-state index in [1.165, 1.54) is 12.8 Å². The minimum atomic E-state index is 0.649. The number of nitrogens with zero attached hydrogens (tertiary/aromatic N) is 6. The summed E-state index contributed by atoms with van der Waals surface area (Å²) in [7, 11) is 1.72. The van der Waals surface area contributed by atoms with Gasteiger partial charge in [0.15, 0.2) is 5.82 Å². The second kappa shape index (κ2) is 7.92. The van der Waals surface area contributed by atoms with Crippen molar-refractivity contribution in [1.82, 2.24) is 30.1 Å². The predicted molar refractivity (Wildman–Crippen MR) is 120 cm³/mol. The Morgan fingerprint density at radius 3 is 3.03 bits per heavy atom. The summed E-state index contributed by atoms with van der Waals surface area (Å²) >= 11 is 1.59.